The molecule has 2 aromatic rings. The van der Waals surface area contributed by atoms with Crippen LogP contribution in [0.5, 0.6) is 0 Å². The van der Waals surface area contributed by atoms with E-state index >= 15 is 0 Å². The first-order chi connectivity index (χ1) is 9.44. The molecule has 5 nitrogen and oxygen atoms in total. The lowest BCUT2D eigenvalue weighted by Gasteiger charge is -2.19. The number of amides is 1. The van der Waals surface area contributed by atoms with Gasteiger partial charge in [0, 0.05) is 12.7 Å². The SMILES string of the molecule is CC(C)(C)OC(=O)NCc1cncn1Cc1ccsc1. The zero-order valence-electron chi connectivity index (χ0n) is 11.9. The Bertz CT molecular complexity index is 555. The Hall–Kier alpha value is -1.82. The van der Waals surface area contributed by atoms with Crippen molar-refractivity contribution in [3.63, 3.8) is 0 Å². The second-order valence-corrected chi connectivity index (χ2v) is 6.28. The molecule has 20 heavy (non-hydrogen) atoms. The summed E-state index contributed by atoms with van der Waals surface area (Å²) in [6.45, 7) is 6.68. The van der Waals surface area contributed by atoms with E-state index in [1.54, 1.807) is 23.9 Å². The highest BCUT2D eigenvalue weighted by molar-refractivity contribution is 7.07. The van der Waals surface area contributed by atoms with Crippen molar-refractivity contribution in [2.24, 2.45) is 0 Å². The van der Waals surface area contributed by atoms with E-state index in [2.05, 4.69) is 21.7 Å². The molecule has 0 radical (unpaired) electrons. The summed E-state index contributed by atoms with van der Waals surface area (Å²) in [5.74, 6) is 0. The molecule has 108 valence electrons. The van der Waals surface area contributed by atoms with Crippen LogP contribution in [0.15, 0.2) is 29.4 Å². The summed E-state index contributed by atoms with van der Waals surface area (Å²) >= 11 is 1.67. The van der Waals surface area contributed by atoms with Crippen molar-refractivity contribution in [1.29, 1.82) is 0 Å². The molecule has 0 atom stereocenters. The molecule has 2 heterocycles. The van der Waals surface area contributed by atoms with E-state index < -0.39 is 11.7 Å². The molecule has 0 aliphatic carbocycles. The van der Waals surface area contributed by atoms with Gasteiger partial charge in [-0.05, 0) is 43.2 Å². The van der Waals surface area contributed by atoms with Crippen molar-refractivity contribution in [2.75, 3.05) is 0 Å². The highest BCUT2D eigenvalue weighted by atomic mass is 32.1. The number of nitrogens with zero attached hydrogens (tertiary/aromatic N) is 2. The Morgan fingerprint density at radius 1 is 1.50 bits per heavy atom. The van der Waals surface area contributed by atoms with E-state index in [0.29, 0.717) is 6.54 Å². The third-order valence-electron chi connectivity index (χ3n) is 2.54. The summed E-state index contributed by atoms with van der Waals surface area (Å²) in [5, 5.41) is 6.89. The lowest BCUT2D eigenvalue weighted by molar-refractivity contribution is 0.0522. The summed E-state index contributed by atoms with van der Waals surface area (Å²) < 4.78 is 7.22. The van der Waals surface area contributed by atoms with Crippen LogP contribution in [0.1, 0.15) is 32.0 Å². The van der Waals surface area contributed by atoms with Crippen LogP contribution >= 0.6 is 11.3 Å². The number of rotatable bonds is 4. The van der Waals surface area contributed by atoms with Crippen molar-refractivity contribution in [3.8, 4) is 0 Å². The van der Waals surface area contributed by atoms with Gasteiger partial charge < -0.3 is 14.6 Å². The molecule has 1 N–H and O–H groups in total. The number of hydrogen-bond acceptors (Lipinski definition) is 4. The topological polar surface area (TPSA) is 56.1 Å². The first-order valence-electron chi connectivity index (χ1n) is 6.41. The van der Waals surface area contributed by atoms with Crippen LogP contribution in [0.2, 0.25) is 0 Å². The van der Waals surface area contributed by atoms with Crippen molar-refractivity contribution in [1.82, 2.24) is 14.9 Å². The molecule has 0 aliphatic rings. The molecular weight excluding hydrogens is 274 g/mol. The fourth-order valence-electron chi connectivity index (χ4n) is 1.69. The Kier molecular flexibility index (Phi) is 4.44. The largest absolute Gasteiger partial charge is 0.444 e. The molecule has 0 fully saturated rings. The third kappa shape index (κ3) is 4.38. The van der Waals surface area contributed by atoms with Gasteiger partial charge in [-0.15, -0.1) is 0 Å². The monoisotopic (exact) mass is 293 g/mol. The van der Waals surface area contributed by atoms with E-state index in [1.165, 1.54) is 5.56 Å². The van der Waals surface area contributed by atoms with Gasteiger partial charge in [-0.3, -0.25) is 0 Å². The van der Waals surface area contributed by atoms with E-state index in [-0.39, 0.29) is 0 Å². The fourth-order valence-corrected chi connectivity index (χ4v) is 2.35. The van der Waals surface area contributed by atoms with Crippen LogP contribution in [0, 0.1) is 0 Å². The average Bonchev–Trinajstić information content (AvgIpc) is 2.96. The Labute approximate surface area is 122 Å². The summed E-state index contributed by atoms with van der Waals surface area (Å²) in [4.78, 5) is 15.8. The molecule has 2 aromatic heterocycles. The van der Waals surface area contributed by atoms with Gasteiger partial charge in [0.15, 0.2) is 0 Å². The first-order valence-corrected chi connectivity index (χ1v) is 7.35. The average molecular weight is 293 g/mol. The minimum atomic E-state index is -0.485. The molecule has 1 amide bonds. The first kappa shape index (κ1) is 14.6. The molecule has 0 bridgehead atoms. The normalized spacial score (nSPS) is 11.3. The molecule has 0 spiro atoms. The quantitative estimate of drug-likeness (QED) is 0.942. The Morgan fingerprint density at radius 3 is 2.95 bits per heavy atom. The lowest BCUT2D eigenvalue weighted by atomic mass is 10.2. The highest BCUT2D eigenvalue weighted by Crippen LogP contribution is 2.10. The number of thiophene rings is 1. The number of aromatic nitrogens is 2. The molecule has 2 rings (SSSR count). The smallest absolute Gasteiger partial charge is 0.407 e. The molecule has 0 aliphatic heterocycles. The number of imidazole rings is 1. The van der Waals surface area contributed by atoms with Crippen LogP contribution in [-0.4, -0.2) is 21.2 Å². The van der Waals surface area contributed by atoms with Crippen LogP contribution in [-0.2, 0) is 17.8 Å². The van der Waals surface area contributed by atoms with Gasteiger partial charge >= 0.3 is 6.09 Å². The zero-order valence-corrected chi connectivity index (χ0v) is 12.7. The second-order valence-electron chi connectivity index (χ2n) is 5.50. The number of ether oxygens (including phenoxy) is 1. The maximum atomic E-state index is 11.6. The second kappa shape index (κ2) is 6.09. The minimum absolute atomic E-state index is 0.402. The minimum Gasteiger partial charge on any atom is -0.444 e. The van der Waals surface area contributed by atoms with Gasteiger partial charge in [-0.1, -0.05) is 0 Å². The molecule has 0 saturated carbocycles. The van der Waals surface area contributed by atoms with Crippen molar-refractivity contribution in [2.45, 2.75) is 39.5 Å². The predicted molar refractivity (Wildman–Crippen MR) is 78.7 cm³/mol. The van der Waals surface area contributed by atoms with Gasteiger partial charge in [0.25, 0.3) is 0 Å². The lowest BCUT2D eigenvalue weighted by Crippen LogP contribution is -2.32. The van der Waals surface area contributed by atoms with E-state index in [0.717, 1.165) is 12.2 Å². The van der Waals surface area contributed by atoms with Crippen LogP contribution in [0.25, 0.3) is 0 Å². The third-order valence-corrected chi connectivity index (χ3v) is 3.28. The molecule has 0 aromatic carbocycles. The zero-order chi connectivity index (χ0) is 14.6. The van der Waals surface area contributed by atoms with Gasteiger partial charge in [0.1, 0.15) is 5.60 Å². The standard InChI is InChI=1S/C14H19N3O2S/c1-14(2,3)19-13(18)16-7-12-6-15-10-17(12)8-11-4-5-20-9-11/h4-6,9-10H,7-8H2,1-3H3,(H,16,18). The number of nitrogens with one attached hydrogen (secondary N) is 1. The molecular formula is C14H19N3O2S. The summed E-state index contributed by atoms with van der Waals surface area (Å²) in [7, 11) is 0. The van der Waals surface area contributed by atoms with E-state index in [9.17, 15) is 4.79 Å². The highest BCUT2D eigenvalue weighted by Gasteiger charge is 2.16. The van der Waals surface area contributed by atoms with Crippen LogP contribution in [0.4, 0.5) is 4.79 Å². The fraction of sp³-hybridized carbons (Fsp3) is 0.429. The predicted octanol–water partition coefficient (Wildman–Crippen LogP) is 3.02. The summed E-state index contributed by atoms with van der Waals surface area (Å²) in [5.41, 5.74) is 1.69. The van der Waals surface area contributed by atoms with Gasteiger partial charge in [0.05, 0.1) is 18.6 Å². The number of alkyl carbamates (subject to hydrolysis) is 1. The van der Waals surface area contributed by atoms with Crippen molar-refractivity contribution < 1.29 is 9.53 Å². The molecule has 6 heteroatoms. The van der Waals surface area contributed by atoms with E-state index in [1.807, 2.05) is 30.7 Å². The van der Waals surface area contributed by atoms with Gasteiger partial charge in [-0.2, -0.15) is 11.3 Å². The maximum absolute atomic E-state index is 11.6. The summed E-state index contributed by atoms with van der Waals surface area (Å²) in [6.07, 6.45) is 3.11. The number of carbonyl (C=O) groups is 1. The van der Waals surface area contributed by atoms with Gasteiger partial charge in [0.2, 0.25) is 0 Å². The molecule has 0 saturated heterocycles. The Balaban J connectivity index is 1.91. The van der Waals surface area contributed by atoms with Gasteiger partial charge in [-0.25, -0.2) is 9.78 Å². The van der Waals surface area contributed by atoms with E-state index in [4.69, 9.17) is 4.74 Å². The number of carbonyl (C=O) groups excluding carboxylic acids is 1. The van der Waals surface area contributed by atoms with Crippen molar-refractivity contribution >= 4 is 17.4 Å². The Morgan fingerprint density at radius 2 is 2.30 bits per heavy atom. The summed E-state index contributed by atoms with van der Waals surface area (Å²) in [6, 6.07) is 2.08. The molecule has 0 unspecified atom stereocenters. The van der Waals surface area contributed by atoms with Crippen molar-refractivity contribution in [3.05, 3.63) is 40.6 Å². The number of hydrogen-bond donors (Lipinski definition) is 1. The maximum Gasteiger partial charge on any atom is 0.407 e. The van der Waals surface area contributed by atoms with Crippen LogP contribution < -0.4 is 5.32 Å². The van der Waals surface area contributed by atoms with Crippen LogP contribution in [0.3, 0.4) is 0 Å².